The maximum atomic E-state index is 5.75. The molecule has 0 aliphatic carbocycles. The Balaban J connectivity index is 1.98. The van der Waals surface area contributed by atoms with Crippen LogP contribution in [0.25, 0.3) is 23.5 Å². The van der Waals surface area contributed by atoms with Gasteiger partial charge in [0.1, 0.15) is 5.69 Å². The lowest BCUT2D eigenvalue weighted by Crippen LogP contribution is -2.39. The number of hydrogen-bond acceptors (Lipinski definition) is 3. The molecule has 0 amide bonds. The van der Waals surface area contributed by atoms with Gasteiger partial charge in [-0.2, -0.15) is 4.57 Å². The summed E-state index contributed by atoms with van der Waals surface area (Å²) in [5.74, 6) is 0. The quantitative estimate of drug-likeness (QED) is 0.736. The van der Waals surface area contributed by atoms with Gasteiger partial charge in [0.2, 0.25) is 5.69 Å². The number of aromatic nitrogens is 3. The minimum absolute atomic E-state index is 0.590. The van der Waals surface area contributed by atoms with Gasteiger partial charge >= 0.3 is 0 Å². The first-order valence-corrected chi connectivity index (χ1v) is 8.02. The molecule has 0 saturated heterocycles. The fourth-order valence-corrected chi connectivity index (χ4v) is 2.54. The van der Waals surface area contributed by atoms with Crippen LogP contribution in [-0.2, 0) is 6.54 Å². The third kappa shape index (κ3) is 3.91. The molecule has 0 aliphatic rings. The van der Waals surface area contributed by atoms with Crippen LogP contribution in [0.2, 0.25) is 0 Å². The van der Waals surface area contributed by atoms with Crippen LogP contribution >= 0.6 is 0 Å². The van der Waals surface area contributed by atoms with E-state index in [0.717, 1.165) is 29.2 Å². The lowest BCUT2D eigenvalue weighted by Gasteiger charge is -2.05. The molecule has 0 aliphatic heterocycles. The SMILES string of the molecule is Cc1ccnc(-c2cc(/C=C/c3ccccn3)cc[n+]2CCN)c1. The van der Waals surface area contributed by atoms with Crippen molar-refractivity contribution < 1.29 is 4.57 Å². The molecule has 3 aromatic heterocycles. The van der Waals surface area contributed by atoms with Crippen molar-refractivity contribution in [2.45, 2.75) is 13.5 Å². The molecule has 0 saturated carbocycles. The molecule has 3 aromatic rings. The van der Waals surface area contributed by atoms with E-state index in [1.807, 2.05) is 36.5 Å². The zero-order valence-corrected chi connectivity index (χ0v) is 13.8. The first kappa shape index (κ1) is 16.0. The molecule has 3 rings (SSSR count). The summed E-state index contributed by atoms with van der Waals surface area (Å²) in [6, 6.07) is 14.2. The molecule has 0 bridgehead atoms. The van der Waals surface area contributed by atoms with Gasteiger partial charge in [0.15, 0.2) is 12.7 Å². The summed E-state index contributed by atoms with van der Waals surface area (Å²) in [6.45, 7) is 3.42. The van der Waals surface area contributed by atoms with E-state index in [1.54, 1.807) is 6.20 Å². The Morgan fingerprint density at radius 2 is 1.96 bits per heavy atom. The average molecular weight is 317 g/mol. The largest absolute Gasteiger partial charge is 0.325 e. The maximum Gasteiger partial charge on any atom is 0.231 e. The smallest absolute Gasteiger partial charge is 0.231 e. The fourth-order valence-electron chi connectivity index (χ4n) is 2.54. The van der Waals surface area contributed by atoms with E-state index in [4.69, 9.17) is 5.73 Å². The summed E-state index contributed by atoms with van der Waals surface area (Å²) in [7, 11) is 0. The first-order chi connectivity index (χ1) is 11.8. The molecule has 3 heterocycles. The second kappa shape index (κ2) is 7.62. The minimum atomic E-state index is 0.590. The Kier molecular flexibility index (Phi) is 5.08. The molecule has 24 heavy (non-hydrogen) atoms. The molecule has 0 atom stereocenters. The van der Waals surface area contributed by atoms with Gasteiger partial charge in [-0.05, 0) is 48.4 Å². The van der Waals surface area contributed by atoms with E-state index < -0.39 is 0 Å². The molecule has 120 valence electrons. The van der Waals surface area contributed by atoms with Crippen molar-refractivity contribution in [2.75, 3.05) is 6.54 Å². The second-order valence-corrected chi connectivity index (χ2v) is 5.63. The molecule has 0 fully saturated rings. The third-order valence-electron chi connectivity index (χ3n) is 3.74. The summed E-state index contributed by atoms with van der Waals surface area (Å²) < 4.78 is 2.14. The summed E-state index contributed by atoms with van der Waals surface area (Å²) in [6.07, 6.45) is 9.77. The van der Waals surface area contributed by atoms with Crippen LogP contribution in [0.5, 0.6) is 0 Å². The van der Waals surface area contributed by atoms with Crippen LogP contribution in [0, 0.1) is 6.92 Å². The topological polar surface area (TPSA) is 55.7 Å². The molecular formula is C20H21N4+. The second-order valence-electron chi connectivity index (χ2n) is 5.63. The molecular weight excluding hydrogens is 296 g/mol. The molecule has 0 aromatic carbocycles. The van der Waals surface area contributed by atoms with Gasteiger partial charge in [0, 0.05) is 24.5 Å². The predicted molar refractivity (Wildman–Crippen MR) is 96.8 cm³/mol. The van der Waals surface area contributed by atoms with Crippen molar-refractivity contribution in [3.63, 3.8) is 0 Å². The van der Waals surface area contributed by atoms with Crippen molar-refractivity contribution in [1.29, 1.82) is 0 Å². The van der Waals surface area contributed by atoms with Gasteiger partial charge in [-0.25, -0.2) is 4.98 Å². The Morgan fingerprint density at radius 3 is 2.71 bits per heavy atom. The van der Waals surface area contributed by atoms with E-state index in [9.17, 15) is 0 Å². The first-order valence-electron chi connectivity index (χ1n) is 8.02. The van der Waals surface area contributed by atoms with Gasteiger partial charge in [-0.3, -0.25) is 4.98 Å². The summed E-state index contributed by atoms with van der Waals surface area (Å²) in [5, 5.41) is 0. The number of nitrogens with two attached hydrogens (primary N) is 1. The van der Waals surface area contributed by atoms with E-state index in [1.165, 1.54) is 5.56 Å². The van der Waals surface area contributed by atoms with E-state index in [-0.39, 0.29) is 0 Å². The molecule has 4 heteroatoms. The van der Waals surface area contributed by atoms with Crippen LogP contribution < -0.4 is 10.3 Å². The zero-order valence-electron chi connectivity index (χ0n) is 13.8. The van der Waals surface area contributed by atoms with E-state index >= 15 is 0 Å². The Labute approximate surface area is 142 Å². The van der Waals surface area contributed by atoms with Crippen LogP contribution in [-0.4, -0.2) is 16.5 Å². The van der Waals surface area contributed by atoms with E-state index in [0.29, 0.717) is 6.54 Å². The normalized spacial score (nSPS) is 11.1. The summed E-state index contributed by atoms with van der Waals surface area (Å²) in [5.41, 5.74) is 11.0. The maximum absolute atomic E-state index is 5.75. The molecule has 0 unspecified atom stereocenters. The lowest BCUT2D eigenvalue weighted by atomic mass is 10.1. The summed E-state index contributed by atoms with van der Waals surface area (Å²) in [4.78, 5) is 8.83. The van der Waals surface area contributed by atoms with Gasteiger partial charge in [-0.1, -0.05) is 12.1 Å². The van der Waals surface area contributed by atoms with Crippen LogP contribution in [0.1, 0.15) is 16.8 Å². The highest BCUT2D eigenvalue weighted by Gasteiger charge is 2.14. The number of rotatable bonds is 5. The van der Waals surface area contributed by atoms with Crippen molar-refractivity contribution in [2.24, 2.45) is 5.73 Å². The lowest BCUT2D eigenvalue weighted by molar-refractivity contribution is -0.683. The monoisotopic (exact) mass is 317 g/mol. The van der Waals surface area contributed by atoms with Crippen molar-refractivity contribution in [3.05, 3.63) is 77.9 Å². The van der Waals surface area contributed by atoms with Crippen molar-refractivity contribution >= 4 is 12.2 Å². The minimum Gasteiger partial charge on any atom is -0.325 e. The molecule has 0 spiro atoms. The number of hydrogen-bond donors (Lipinski definition) is 1. The van der Waals surface area contributed by atoms with Gasteiger partial charge in [0.05, 0.1) is 12.2 Å². The Bertz CT molecular complexity index is 841. The third-order valence-corrected chi connectivity index (χ3v) is 3.74. The fraction of sp³-hybridized carbons (Fsp3) is 0.150. The summed E-state index contributed by atoms with van der Waals surface area (Å²) >= 11 is 0. The molecule has 4 nitrogen and oxygen atoms in total. The van der Waals surface area contributed by atoms with E-state index in [2.05, 4.69) is 51.9 Å². The van der Waals surface area contributed by atoms with Crippen molar-refractivity contribution in [3.8, 4) is 11.4 Å². The number of aryl methyl sites for hydroxylation is 1. The predicted octanol–water partition coefficient (Wildman–Crippen LogP) is 2.87. The van der Waals surface area contributed by atoms with Crippen LogP contribution in [0.15, 0.2) is 61.1 Å². The van der Waals surface area contributed by atoms with Crippen LogP contribution in [0.3, 0.4) is 0 Å². The number of pyridine rings is 3. The average Bonchev–Trinajstić information content (AvgIpc) is 2.62. The molecule has 2 N–H and O–H groups in total. The Hall–Kier alpha value is -2.85. The Morgan fingerprint density at radius 1 is 1.04 bits per heavy atom. The van der Waals surface area contributed by atoms with Gasteiger partial charge in [0.25, 0.3) is 0 Å². The number of nitrogens with zero attached hydrogens (tertiary/aromatic N) is 3. The highest BCUT2D eigenvalue weighted by molar-refractivity contribution is 5.69. The van der Waals surface area contributed by atoms with Crippen LogP contribution in [0.4, 0.5) is 0 Å². The zero-order chi connectivity index (χ0) is 16.8. The van der Waals surface area contributed by atoms with Crippen molar-refractivity contribution in [1.82, 2.24) is 9.97 Å². The standard InChI is InChI=1S/C20H21N4/c1-16-7-11-23-19(14-16)20-15-17(8-12-24(20)13-9-21)5-6-18-4-2-3-10-22-18/h2-8,10-12,14-15H,9,13,21H2,1H3/q+1/b6-5+. The van der Waals surface area contributed by atoms with Gasteiger partial charge in [-0.15, -0.1) is 0 Å². The highest BCUT2D eigenvalue weighted by atomic mass is 15.0. The highest BCUT2D eigenvalue weighted by Crippen LogP contribution is 2.16. The molecule has 0 radical (unpaired) electrons. The van der Waals surface area contributed by atoms with Gasteiger partial charge < -0.3 is 5.73 Å².